The molecule has 0 spiro atoms. The number of halogens is 1. The van der Waals surface area contributed by atoms with Crippen molar-refractivity contribution in [3.63, 3.8) is 0 Å². The molecule has 19 heteroatoms. The van der Waals surface area contributed by atoms with E-state index in [1.807, 2.05) is 0 Å². The molecule has 388 valence electrons. The number of aliphatic hydroxyl groups excluding tert-OH is 2. The van der Waals surface area contributed by atoms with Gasteiger partial charge in [-0.2, -0.15) is 0 Å². The van der Waals surface area contributed by atoms with Crippen molar-refractivity contribution in [2.75, 3.05) is 55.4 Å². The minimum absolute atomic E-state index is 0.0266. The summed E-state index contributed by atoms with van der Waals surface area (Å²) >= 11 is 3.16. The van der Waals surface area contributed by atoms with E-state index in [9.17, 15) is 39.3 Å². The Kier molecular flexibility index (Phi) is 16.1. The number of nitrogens with zero attached hydrogens (tertiary/aromatic N) is 3. The first-order chi connectivity index (χ1) is 34.0. The third-order valence-corrected chi connectivity index (χ3v) is 14.6. The number of aromatic nitrogens is 1. The summed E-state index contributed by atoms with van der Waals surface area (Å²) in [5.41, 5.74) is -1.49. The molecule has 3 aromatic carbocycles. The number of amides is 1. The van der Waals surface area contributed by atoms with Gasteiger partial charge in [-0.1, -0.05) is 75.7 Å². The number of hydrogen-bond donors (Lipinski definition) is 4. The van der Waals surface area contributed by atoms with Crippen LogP contribution in [0, 0.1) is 36.5 Å². The number of hydrogen-bond acceptors (Lipinski definition) is 17. The Bertz CT molecular complexity index is 3050. The molecule has 0 radical (unpaired) electrons. The van der Waals surface area contributed by atoms with Crippen LogP contribution in [-0.4, -0.2) is 118 Å². The van der Waals surface area contributed by atoms with Gasteiger partial charge in [0.15, 0.2) is 22.4 Å². The summed E-state index contributed by atoms with van der Waals surface area (Å²) < 4.78 is 36.6. The summed E-state index contributed by atoms with van der Waals surface area (Å²) in [5, 5.41) is 38.2. The van der Waals surface area contributed by atoms with Crippen molar-refractivity contribution in [3.8, 4) is 11.5 Å². The number of phenols is 1. The standard InChI is InChI=1S/C53H65BrN4O14/c1-25(2)24-57-16-18-58(19-17-57)33-21-34(60)41-36(22-33)70-50-42(55-41)38-39-45(63)31(8)49-40(38)51(65)53(10,72-49)68-20-15-35(67-11)28(5)48(69-32(9)59)30(7)44(62)29(6)47(71-37(61)23-54)26(3)13-12-14-27(4)52(66)56-43(50)46(39)64/h12-15,20-22,25-26,28-30,35,44,47-48,62-63,65H,16-19,23-24H2,1-11H3,(H,56,66)/b13-12+,20-15+,27-14-/t26-,28+,29-,30+,35-,44+,47-,48+,53-/m0/s1. The quantitative estimate of drug-likeness (QED) is 0.0689. The molecule has 1 aromatic heterocycles. The van der Waals surface area contributed by atoms with Crippen LogP contribution in [0.15, 0.2) is 62.3 Å². The SMILES string of the molecule is CO[C@H]1/C=C/O[C@@]2(C)Oc3c(C)c(O)c4c(=O)c(c5oc6cc(N7CCN(CC(C)C)CC7)cc(=O)c6nc5c4c3=C2O)NC(=O)/C(C)=C\C=C\[C@H](C)[C@H](OC(=O)CBr)[C@@H](C)[C@@H](O)[C@@H](C)[C@H](OC(C)=O)[C@@H]1C. The highest BCUT2D eigenvalue weighted by Gasteiger charge is 2.45. The lowest BCUT2D eigenvalue weighted by Gasteiger charge is -2.38. The summed E-state index contributed by atoms with van der Waals surface area (Å²) in [6.45, 7) is 20.8. The second-order valence-corrected chi connectivity index (χ2v) is 20.4. The van der Waals surface area contributed by atoms with E-state index in [0.717, 1.165) is 19.6 Å². The van der Waals surface area contributed by atoms with E-state index in [4.69, 9.17) is 33.1 Å². The Morgan fingerprint density at radius 1 is 0.958 bits per heavy atom. The van der Waals surface area contributed by atoms with Crippen LogP contribution in [0.1, 0.15) is 67.9 Å². The number of aliphatic hydroxyl groups is 2. The molecule has 9 atom stereocenters. The van der Waals surface area contributed by atoms with E-state index in [0.29, 0.717) is 24.7 Å². The number of carbonyl (C=O) groups is 3. The average Bonchev–Trinajstić information content (AvgIpc) is 3.60. The second kappa shape index (κ2) is 21.6. The smallest absolute Gasteiger partial charge is 0.316 e. The maximum Gasteiger partial charge on any atom is 0.316 e. The predicted octanol–water partition coefficient (Wildman–Crippen LogP) is 6.28. The first kappa shape index (κ1) is 53.8. The van der Waals surface area contributed by atoms with Gasteiger partial charge in [0, 0.05) is 112 Å². The number of nitrogens with one attached hydrogen (secondary N) is 1. The van der Waals surface area contributed by atoms with Gasteiger partial charge in [-0.25, -0.2) is 4.98 Å². The minimum atomic E-state index is -2.00. The lowest BCUT2D eigenvalue weighted by molar-refractivity contribution is -0.164. The summed E-state index contributed by atoms with van der Waals surface area (Å²) in [4.78, 5) is 78.0. The highest BCUT2D eigenvalue weighted by molar-refractivity contribution is 9.09. The van der Waals surface area contributed by atoms with Crippen molar-refractivity contribution >= 4 is 83.9 Å². The van der Waals surface area contributed by atoms with Crippen LogP contribution >= 0.6 is 15.9 Å². The van der Waals surface area contributed by atoms with Crippen LogP contribution in [0.4, 0.5) is 11.4 Å². The van der Waals surface area contributed by atoms with Gasteiger partial charge in [-0.15, -0.1) is 0 Å². The number of piperazine rings is 1. The molecule has 0 unspecified atom stereocenters. The van der Waals surface area contributed by atoms with E-state index >= 15 is 0 Å². The number of benzene rings is 3. The molecule has 0 saturated carbocycles. The Hall–Kier alpha value is -6.02. The maximum atomic E-state index is 15.0. The van der Waals surface area contributed by atoms with E-state index < -0.39 is 99.8 Å². The third kappa shape index (κ3) is 10.4. The van der Waals surface area contributed by atoms with Crippen molar-refractivity contribution in [1.29, 1.82) is 0 Å². The molecule has 18 nitrogen and oxygen atoms in total. The van der Waals surface area contributed by atoms with Gasteiger partial charge in [0.2, 0.25) is 10.9 Å². The van der Waals surface area contributed by atoms with Gasteiger partial charge in [0.25, 0.3) is 5.91 Å². The number of alkyl halides is 1. The van der Waals surface area contributed by atoms with E-state index in [-0.39, 0.29) is 60.4 Å². The number of esters is 2. The first-order valence-corrected chi connectivity index (χ1v) is 25.3. The zero-order chi connectivity index (χ0) is 52.7. The number of rotatable bonds is 7. The summed E-state index contributed by atoms with van der Waals surface area (Å²) in [5.74, 6) is -7.24. The largest absolute Gasteiger partial charge is 0.507 e. The molecule has 3 aliphatic rings. The first-order valence-electron chi connectivity index (χ1n) is 24.2. The Morgan fingerprint density at radius 2 is 1.64 bits per heavy atom. The number of phenolic OH excluding ortho intramolecular Hbond substituents is 1. The topological polar surface area (TPSA) is 237 Å². The molecule has 7 rings (SSSR count). The van der Waals surface area contributed by atoms with Gasteiger partial charge in [0.05, 0.1) is 29.1 Å². The van der Waals surface area contributed by atoms with Crippen LogP contribution in [0.3, 0.4) is 0 Å². The molecule has 4 heterocycles. The van der Waals surface area contributed by atoms with Crippen molar-refractivity contribution in [2.24, 2.45) is 29.6 Å². The Labute approximate surface area is 425 Å². The van der Waals surface area contributed by atoms with E-state index in [1.54, 1.807) is 45.9 Å². The number of ether oxygens (including phenoxy) is 5. The molecule has 3 aliphatic heterocycles. The van der Waals surface area contributed by atoms with Crippen molar-refractivity contribution in [3.05, 3.63) is 79.5 Å². The Morgan fingerprint density at radius 3 is 2.28 bits per heavy atom. The van der Waals surface area contributed by atoms with Crippen LogP contribution in [0.25, 0.3) is 38.7 Å². The van der Waals surface area contributed by atoms with E-state index in [1.165, 1.54) is 59.3 Å². The average molecular weight is 1060 g/mol. The predicted molar refractivity (Wildman–Crippen MR) is 276 cm³/mol. The van der Waals surface area contributed by atoms with Crippen LogP contribution in [-0.2, 0) is 33.3 Å². The number of aromatic hydroxyl groups is 1. The summed E-state index contributed by atoms with van der Waals surface area (Å²) in [7, 11) is 1.44. The fraction of sp³-hybridized carbons (Fsp3) is 0.509. The lowest BCUT2D eigenvalue weighted by Crippen LogP contribution is -2.47. The molecular weight excluding hydrogens is 997 g/mol. The summed E-state index contributed by atoms with van der Waals surface area (Å²) in [6.07, 6.45) is 3.62. The number of anilines is 2. The molecular formula is C53H65BrN4O14. The molecule has 0 aliphatic carbocycles. The van der Waals surface area contributed by atoms with Gasteiger partial charge >= 0.3 is 17.7 Å². The number of methoxy groups -OCH3 is 1. The van der Waals surface area contributed by atoms with Crippen LogP contribution in [0.2, 0.25) is 0 Å². The van der Waals surface area contributed by atoms with Gasteiger partial charge < -0.3 is 53.6 Å². The monoisotopic (exact) mass is 1060 g/mol. The molecule has 72 heavy (non-hydrogen) atoms. The zero-order valence-electron chi connectivity index (χ0n) is 42.5. The van der Waals surface area contributed by atoms with E-state index in [2.05, 4.69) is 44.9 Å². The van der Waals surface area contributed by atoms with Crippen molar-refractivity contribution < 1.29 is 57.8 Å². The lowest BCUT2D eigenvalue weighted by atomic mass is 9.78. The van der Waals surface area contributed by atoms with Crippen LogP contribution < -0.4 is 31.0 Å². The molecule has 4 bridgehead atoms. The maximum absolute atomic E-state index is 15.0. The second-order valence-electron chi connectivity index (χ2n) is 19.8. The highest BCUT2D eigenvalue weighted by Crippen LogP contribution is 2.42. The fourth-order valence-corrected chi connectivity index (χ4v) is 10.3. The number of fused-ring (bicyclic) bond motifs is 2. The molecule has 1 fully saturated rings. The molecule has 4 N–H and O–H groups in total. The number of allylic oxidation sites excluding steroid dienone is 2. The van der Waals surface area contributed by atoms with Gasteiger partial charge in [0.1, 0.15) is 40.2 Å². The molecule has 4 aromatic rings. The third-order valence-electron chi connectivity index (χ3n) is 14.1. The van der Waals surface area contributed by atoms with Gasteiger partial charge in [-0.05, 0) is 25.8 Å². The molecule has 1 amide bonds. The zero-order valence-corrected chi connectivity index (χ0v) is 44.1. The van der Waals surface area contributed by atoms with Crippen molar-refractivity contribution in [2.45, 2.75) is 99.4 Å². The highest BCUT2D eigenvalue weighted by atomic mass is 79.9. The van der Waals surface area contributed by atoms with Crippen LogP contribution in [0.5, 0.6) is 11.5 Å². The summed E-state index contributed by atoms with van der Waals surface area (Å²) in [6, 6.07) is 3.15. The fourth-order valence-electron chi connectivity index (χ4n) is 10.2. The van der Waals surface area contributed by atoms with Crippen molar-refractivity contribution in [1.82, 2.24) is 9.88 Å². The Balaban J connectivity index is 1.46. The minimum Gasteiger partial charge on any atom is -0.507 e. The molecule has 1 saturated heterocycles. The van der Waals surface area contributed by atoms with Gasteiger partial charge in [-0.3, -0.25) is 28.9 Å². The number of carbonyl (C=O) groups excluding carboxylic acids is 3. The normalized spacial score (nSPS) is 28.4.